The SMILES string of the molecule is C#Cc1ccc2c(N)c(C(=O)OC)c(=O)n(-c3ccccc3)c2c1. The number of rotatable bonds is 2. The van der Waals surface area contributed by atoms with E-state index < -0.39 is 11.5 Å². The van der Waals surface area contributed by atoms with Crippen LogP contribution in [0.3, 0.4) is 0 Å². The Morgan fingerprint density at radius 1 is 1.21 bits per heavy atom. The highest BCUT2D eigenvalue weighted by Gasteiger charge is 2.22. The predicted molar refractivity (Wildman–Crippen MR) is 93.2 cm³/mol. The molecular weight excluding hydrogens is 304 g/mol. The Balaban J connectivity index is 2.54. The number of fused-ring (bicyclic) bond motifs is 1. The third-order valence-electron chi connectivity index (χ3n) is 3.79. The lowest BCUT2D eigenvalue weighted by Crippen LogP contribution is -2.28. The van der Waals surface area contributed by atoms with Crippen molar-refractivity contribution in [1.82, 2.24) is 4.57 Å². The fourth-order valence-electron chi connectivity index (χ4n) is 2.64. The molecule has 1 aromatic heterocycles. The van der Waals surface area contributed by atoms with Gasteiger partial charge in [-0.2, -0.15) is 0 Å². The van der Waals surface area contributed by atoms with Crippen molar-refractivity contribution in [2.45, 2.75) is 0 Å². The molecule has 0 spiro atoms. The molecule has 5 nitrogen and oxygen atoms in total. The van der Waals surface area contributed by atoms with E-state index in [0.717, 1.165) is 0 Å². The average molecular weight is 318 g/mol. The van der Waals surface area contributed by atoms with Crippen LogP contribution in [0.5, 0.6) is 0 Å². The van der Waals surface area contributed by atoms with E-state index in [1.807, 2.05) is 6.07 Å². The number of pyridine rings is 1. The number of para-hydroxylation sites is 1. The lowest BCUT2D eigenvalue weighted by Gasteiger charge is -2.15. The Morgan fingerprint density at radius 3 is 2.54 bits per heavy atom. The van der Waals surface area contributed by atoms with E-state index in [0.29, 0.717) is 22.2 Å². The van der Waals surface area contributed by atoms with E-state index in [4.69, 9.17) is 16.9 Å². The quantitative estimate of drug-likeness (QED) is 0.581. The van der Waals surface area contributed by atoms with E-state index in [2.05, 4.69) is 5.92 Å². The van der Waals surface area contributed by atoms with Gasteiger partial charge in [0.25, 0.3) is 5.56 Å². The predicted octanol–water partition coefficient (Wildman–Crippen LogP) is 2.34. The van der Waals surface area contributed by atoms with Gasteiger partial charge in [-0.3, -0.25) is 9.36 Å². The molecule has 3 rings (SSSR count). The van der Waals surface area contributed by atoms with Gasteiger partial charge in [-0.05, 0) is 30.3 Å². The molecule has 118 valence electrons. The maximum atomic E-state index is 12.9. The first-order valence-corrected chi connectivity index (χ1v) is 7.17. The lowest BCUT2D eigenvalue weighted by atomic mass is 10.1. The number of nitrogens with two attached hydrogens (primary N) is 1. The summed E-state index contributed by atoms with van der Waals surface area (Å²) in [6.45, 7) is 0. The Kier molecular flexibility index (Phi) is 3.80. The summed E-state index contributed by atoms with van der Waals surface area (Å²) in [7, 11) is 1.21. The summed E-state index contributed by atoms with van der Waals surface area (Å²) in [6.07, 6.45) is 5.46. The van der Waals surface area contributed by atoms with Gasteiger partial charge in [0.2, 0.25) is 0 Å². The van der Waals surface area contributed by atoms with Crippen LogP contribution < -0.4 is 11.3 Å². The number of nitrogen functional groups attached to an aromatic ring is 1. The second kappa shape index (κ2) is 5.94. The highest BCUT2D eigenvalue weighted by Crippen LogP contribution is 2.26. The van der Waals surface area contributed by atoms with Crippen LogP contribution in [0.25, 0.3) is 16.6 Å². The van der Waals surface area contributed by atoms with E-state index in [1.165, 1.54) is 11.7 Å². The van der Waals surface area contributed by atoms with Gasteiger partial charge in [0.15, 0.2) is 0 Å². The zero-order valence-corrected chi connectivity index (χ0v) is 12.9. The third kappa shape index (κ3) is 2.31. The van der Waals surface area contributed by atoms with E-state index in [9.17, 15) is 9.59 Å². The van der Waals surface area contributed by atoms with Crippen molar-refractivity contribution in [3.8, 4) is 18.0 Å². The molecule has 0 atom stereocenters. The molecule has 2 N–H and O–H groups in total. The summed E-state index contributed by atoms with van der Waals surface area (Å²) in [4.78, 5) is 25.0. The summed E-state index contributed by atoms with van der Waals surface area (Å²) in [6, 6.07) is 14.1. The van der Waals surface area contributed by atoms with Gasteiger partial charge in [-0.1, -0.05) is 24.1 Å². The van der Waals surface area contributed by atoms with E-state index in [-0.39, 0.29) is 11.3 Å². The molecule has 0 aliphatic rings. The number of hydrogen-bond acceptors (Lipinski definition) is 4. The number of hydrogen-bond donors (Lipinski definition) is 1. The number of nitrogens with zero attached hydrogens (tertiary/aromatic N) is 1. The Morgan fingerprint density at radius 2 is 1.92 bits per heavy atom. The van der Waals surface area contributed by atoms with Gasteiger partial charge in [0, 0.05) is 16.6 Å². The molecule has 0 bridgehead atoms. The Bertz CT molecular complexity index is 1040. The van der Waals surface area contributed by atoms with Crippen LogP contribution in [-0.2, 0) is 4.74 Å². The van der Waals surface area contributed by atoms with Crippen LogP contribution >= 0.6 is 0 Å². The lowest BCUT2D eigenvalue weighted by molar-refractivity contribution is 0.0600. The fraction of sp³-hybridized carbons (Fsp3) is 0.0526. The minimum Gasteiger partial charge on any atom is -0.465 e. The second-order valence-corrected chi connectivity index (χ2v) is 5.13. The molecule has 5 heteroatoms. The van der Waals surface area contributed by atoms with Gasteiger partial charge in [0.1, 0.15) is 5.56 Å². The summed E-state index contributed by atoms with van der Waals surface area (Å²) in [5.41, 5.74) is 7.15. The molecule has 0 saturated carbocycles. The highest BCUT2D eigenvalue weighted by atomic mass is 16.5. The minimum absolute atomic E-state index is 0.0811. The monoisotopic (exact) mass is 318 g/mol. The van der Waals surface area contributed by atoms with Crippen LogP contribution in [0.2, 0.25) is 0 Å². The standard InChI is InChI=1S/C19H14N2O3/c1-3-12-9-10-14-15(11-12)21(13-7-5-4-6-8-13)18(22)16(17(14)20)19(23)24-2/h1,4-11H,20H2,2H3. The number of ether oxygens (including phenoxy) is 1. The highest BCUT2D eigenvalue weighted by molar-refractivity contribution is 6.04. The van der Waals surface area contributed by atoms with Crippen molar-refractivity contribution >= 4 is 22.6 Å². The number of esters is 1. The van der Waals surface area contributed by atoms with Crippen molar-refractivity contribution in [2.24, 2.45) is 0 Å². The number of terminal acetylenes is 1. The van der Waals surface area contributed by atoms with Crippen molar-refractivity contribution in [1.29, 1.82) is 0 Å². The molecule has 0 fully saturated rings. The summed E-state index contributed by atoms with van der Waals surface area (Å²) < 4.78 is 6.13. The van der Waals surface area contributed by atoms with Crippen LogP contribution in [-0.4, -0.2) is 17.6 Å². The number of carbonyl (C=O) groups is 1. The molecule has 1 heterocycles. The molecule has 0 radical (unpaired) electrons. The maximum Gasteiger partial charge on any atom is 0.345 e. The minimum atomic E-state index is -0.773. The maximum absolute atomic E-state index is 12.9. The topological polar surface area (TPSA) is 74.3 Å². The van der Waals surface area contributed by atoms with Gasteiger partial charge in [0.05, 0.1) is 18.3 Å². The largest absolute Gasteiger partial charge is 0.465 e. The van der Waals surface area contributed by atoms with Gasteiger partial charge >= 0.3 is 5.97 Å². The Hall–Kier alpha value is -3.52. The summed E-state index contributed by atoms with van der Waals surface area (Å²) in [5.74, 6) is 1.76. The summed E-state index contributed by atoms with van der Waals surface area (Å²) >= 11 is 0. The smallest absolute Gasteiger partial charge is 0.345 e. The number of carbonyl (C=O) groups excluding carboxylic acids is 1. The molecule has 3 aromatic rings. The van der Waals surface area contributed by atoms with Crippen LogP contribution in [0.4, 0.5) is 5.69 Å². The van der Waals surface area contributed by atoms with Gasteiger partial charge < -0.3 is 10.5 Å². The summed E-state index contributed by atoms with van der Waals surface area (Å²) in [5, 5.41) is 0.554. The van der Waals surface area contributed by atoms with Crippen LogP contribution in [0.1, 0.15) is 15.9 Å². The van der Waals surface area contributed by atoms with Crippen molar-refractivity contribution in [3.63, 3.8) is 0 Å². The van der Waals surface area contributed by atoms with Crippen molar-refractivity contribution in [2.75, 3.05) is 12.8 Å². The molecule has 0 aliphatic heterocycles. The molecule has 24 heavy (non-hydrogen) atoms. The molecule has 0 amide bonds. The number of aromatic nitrogens is 1. The van der Waals surface area contributed by atoms with E-state index >= 15 is 0 Å². The van der Waals surface area contributed by atoms with E-state index in [1.54, 1.807) is 42.5 Å². The van der Waals surface area contributed by atoms with Crippen molar-refractivity contribution < 1.29 is 9.53 Å². The zero-order chi connectivity index (χ0) is 17.3. The normalized spacial score (nSPS) is 10.3. The molecular formula is C19H14N2O3. The second-order valence-electron chi connectivity index (χ2n) is 5.13. The first-order valence-electron chi connectivity index (χ1n) is 7.17. The van der Waals surface area contributed by atoms with Crippen LogP contribution in [0, 0.1) is 12.3 Å². The number of methoxy groups -OCH3 is 1. The first kappa shape index (κ1) is 15.4. The molecule has 0 unspecified atom stereocenters. The third-order valence-corrected chi connectivity index (χ3v) is 3.79. The average Bonchev–Trinajstić information content (AvgIpc) is 2.62. The molecule has 0 aliphatic carbocycles. The van der Waals surface area contributed by atoms with Crippen molar-refractivity contribution in [3.05, 3.63) is 70.0 Å². The van der Waals surface area contributed by atoms with Gasteiger partial charge in [-0.15, -0.1) is 6.42 Å². The molecule has 2 aromatic carbocycles. The number of benzene rings is 2. The number of anilines is 1. The van der Waals surface area contributed by atoms with Crippen LogP contribution in [0.15, 0.2) is 53.3 Å². The first-order chi connectivity index (χ1) is 11.6. The Labute approximate surface area is 138 Å². The fourth-order valence-corrected chi connectivity index (χ4v) is 2.64. The molecule has 0 saturated heterocycles. The zero-order valence-electron chi connectivity index (χ0n) is 12.9. The van der Waals surface area contributed by atoms with Gasteiger partial charge in [-0.25, -0.2) is 4.79 Å².